The van der Waals surface area contributed by atoms with Crippen molar-refractivity contribution in [3.63, 3.8) is 0 Å². The van der Waals surface area contributed by atoms with Gasteiger partial charge in [-0.3, -0.25) is 9.36 Å². The van der Waals surface area contributed by atoms with Gasteiger partial charge < -0.3 is 29.3 Å². The zero-order valence-corrected chi connectivity index (χ0v) is 33.6. The first kappa shape index (κ1) is 44.4. The average molecular weight is 813 g/mol. The topological polar surface area (TPSA) is 153 Å². The molecule has 6 aromatic rings. The summed E-state index contributed by atoms with van der Waals surface area (Å²) >= 11 is 6.06. The molecule has 0 unspecified atom stereocenters. The van der Waals surface area contributed by atoms with Crippen molar-refractivity contribution in [2.24, 2.45) is 14.1 Å². The minimum Gasteiger partial charge on any atom is -0.398 e. The highest BCUT2D eigenvalue weighted by Gasteiger charge is 2.52. The maximum absolute atomic E-state index is 9.71. The molecule has 0 saturated carbocycles. The summed E-state index contributed by atoms with van der Waals surface area (Å²) in [5, 5.41) is 49.4. The monoisotopic (exact) mass is 812 g/mol. The fourth-order valence-corrected chi connectivity index (χ4v) is 7.35. The van der Waals surface area contributed by atoms with Gasteiger partial charge >= 0.3 is 7.12 Å². The van der Waals surface area contributed by atoms with Crippen LogP contribution in [0.25, 0.3) is 32.9 Å². The number of aromatic nitrogens is 8. The normalized spacial score (nSPS) is 17.8. The molecular weight excluding hydrogens is 755 g/mol. The third-order valence-corrected chi connectivity index (χ3v) is 11.5. The Bertz CT molecular complexity index is 2250. The highest BCUT2D eigenvalue weighted by molar-refractivity contribution is 6.61. The van der Waals surface area contributed by atoms with Gasteiger partial charge in [0.1, 0.15) is 5.69 Å². The molecule has 4 aromatic heterocycles. The Balaban J connectivity index is 0.000000167. The molecular formula is C42H58BClN10O4. The summed E-state index contributed by atoms with van der Waals surface area (Å²) in [7, 11) is 3.48. The lowest BCUT2D eigenvalue weighted by Crippen LogP contribution is -2.41. The summed E-state index contributed by atoms with van der Waals surface area (Å²) in [5.41, 5.74) is 2.17. The van der Waals surface area contributed by atoms with Crippen LogP contribution in [0.15, 0.2) is 73.1 Å². The van der Waals surface area contributed by atoms with Gasteiger partial charge in [-0.25, -0.2) is 0 Å². The van der Waals surface area contributed by atoms with Crippen molar-refractivity contribution >= 4 is 57.5 Å². The highest BCUT2D eigenvalue weighted by Crippen LogP contribution is 2.37. The van der Waals surface area contributed by atoms with Crippen molar-refractivity contribution in [2.75, 3.05) is 36.0 Å². The van der Waals surface area contributed by atoms with E-state index in [1.54, 1.807) is 17.1 Å². The molecule has 16 heteroatoms. The van der Waals surface area contributed by atoms with Gasteiger partial charge in [0.2, 0.25) is 0 Å². The molecule has 7 heterocycles. The second-order valence-corrected chi connectivity index (χ2v) is 15.9. The van der Waals surface area contributed by atoms with Crippen LogP contribution in [0, 0.1) is 0 Å². The third kappa shape index (κ3) is 9.29. The molecule has 58 heavy (non-hydrogen) atoms. The SMILES string of the molecule is C.C.Cn1nccc1-c1nnc(N2CCC(O)CC2)c2ccccc12.Cn1nccc1B1OC(C)(C)C(C)(C)O1.OC1CCN(c2nnc(Cl)c3ccccc23)CC1. The van der Waals surface area contributed by atoms with E-state index in [9.17, 15) is 10.2 Å². The van der Waals surface area contributed by atoms with Crippen molar-refractivity contribution in [3.8, 4) is 11.4 Å². The Morgan fingerprint density at radius 3 is 1.55 bits per heavy atom. The van der Waals surface area contributed by atoms with Gasteiger partial charge in [0, 0.05) is 74.2 Å². The summed E-state index contributed by atoms with van der Waals surface area (Å²) in [6.07, 6.45) is 6.24. The quantitative estimate of drug-likeness (QED) is 0.194. The van der Waals surface area contributed by atoms with E-state index in [1.165, 1.54) is 0 Å². The predicted molar refractivity (Wildman–Crippen MR) is 234 cm³/mol. The first-order chi connectivity index (χ1) is 26.8. The Morgan fingerprint density at radius 1 is 0.621 bits per heavy atom. The van der Waals surface area contributed by atoms with Crippen molar-refractivity contribution in [1.82, 2.24) is 40.0 Å². The maximum Gasteiger partial charge on any atom is 0.514 e. The number of anilines is 2. The molecule has 0 atom stereocenters. The number of hydrogen-bond acceptors (Lipinski definition) is 12. The van der Waals surface area contributed by atoms with Crippen LogP contribution in [0.2, 0.25) is 5.15 Å². The van der Waals surface area contributed by atoms with Crippen molar-refractivity contribution in [2.45, 2.75) is 91.6 Å². The number of aliphatic hydroxyl groups is 2. The Hall–Kier alpha value is -4.67. The fourth-order valence-electron chi connectivity index (χ4n) is 7.14. The zero-order valence-electron chi connectivity index (χ0n) is 32.9. The number of aryl methyl sites for hydroxylation is 2. The molecule has 0 bridgehead atoms. The van der Waals surface area contributed by atoms with Crippen LogP contribution >= 0.6 is 11.6 Å². The molecule has 0 aliphatic carbocycles. The van der Waals surface area contributed by atoms with E-state index in [-0.39, 0.29) is 45.4 Å². The van der Waals surface area contributed by atoms with Gasteiger partial charge in [0.15, 0.2) is 16.8 Å². The summed E-state index contributed by atoms with van der Waals surface area (Å²) in [6.45, 7) is 11.4. The average Bonchev–Trinajstić information content (AvgIpc) is 3.88. The molecule has 3 aliphatic rings. The molecule has 2 aromatic carbocycles. The lowest BCUT2D eigenvalue weighted by molar-refractivity contribution is 0.00578. The Labute approximate surface area is 347 Å². The molecule has 9 rings (SSSR count). The number of aliphatic hydroxyl groups excluding tert-OH is 2. The first-order valence-corrected chi connectivity index (χ1v) is 19.5. The minimum absolute atomic E-state index is 0. The summed E-state index contributed by atoms with van der Waals surface area (Å²) < 4.78 is 15.4. The molecule has 3 aliphatic heterocycles. The van der Waals surface area contributed by atoms with Crippen molar-refractivity contribution < 1.29 is 19.5 Å². The third-order valence-electron chi connectivity index (χ3n) is 11.2. The summed E-state index contributed by atoms with van der Waals surface area (Å²) in [4.78, 5) is 4.38. The number of benzene rings is 2. The molecule has 310 valence electrons. The number of halogens is 1. The second kappa shape index (κ2) is 18.5. The van der Waals surface area contributed by atoms with Gasteiger partial charge in [-0.1, -0.05) is 75.0 Å². The van der Waals surface area contributed by atoms with Crippen LogP contribution in [0.4, 0.5) is 11.6 Å². The number of fused-ring (bicyclic) bond motifs is 2. The minimum atomic E-state index is -0.317. The molecule has 0 spiro atoms. The molecule has 0 radical (unpaired) electrons. The van der Waals surface area contributed by atoms with Crippen LogP contribution in [-0.2, 0) is 23.4 Å². The number of rotatable bonds is 4. The molecule has 2 N–H and O–H groups in total. The van der Waals surface area contributed by atoms with Crippen LogP contribution in [0.3, 0.4) is 0 Å². The van der Waals surface area contributed by atoms with E-state index in [4.69, 9.17) is 20.9 Å². The van der Waals surface area contributed by atoms with E-state index < -0.39 is 0 Å². The van der Waals surface area contributed by atoms with Crippen molar-refractivity contribution in [3.05, 3.63) is 78.2 Å². The van der Waals surface area contributed by atoms with E-state index in [1.807, 2.05) is 95.0 Å². The van der Waals surface area contributed by atoms with Crippen LogP contribution in [-0.4, -0.2) is 107 Å². The predicted octanol–water partition coefficient (Wildman–Crippen LogP) is 6.23. The van der Waals surface area contributed by atoms with Gasteiger partial charge in [0.25, 0.3) is 0 Å². The Morgan fingerprint density at radius 2 is 1.07 bits per heavy atom. The van der Waals surface area contributed by atoms with Crippen LogP contribution in [0.1, 0.15) is 68.2 Å². The van der Waals surface area contributed by atoms with Gasteiger partial charge in [-0.15, -0.1) is 20.4 Å². The zero-order chi connectivity index (χ0) is 39.6. The molecule has 3 fully saturated rings. The Kier molecular flexibility index (Phi) is 14.2. The smallest absolute Gasteiger partial charge is 0.398 e. The lowest BCUT2D eigenvalue weighted by atomic mass is 9.85. The summed E-state index contributed by atoms with van der Waals surface area (Å²) in [6, 6.07) is 20.0. The number of hydrogen-bond donors (Lipinski definition) is 2. The van der Waals surface area contributed by atoms with Crippen LogP contribution in [0.5, 0.6) is 0 Å². The number of nitrogens with zero attached hydrogens (tertiary/aromatic N) is 10. The highest BCUT2D eigenvalue weighted by atomic mass is 35.5. The van der Waals surface area contributed by atoms with Gasteiger partial charge in [-0.05, 0) is 65.5 Å². The molecule has 14 nitrogen and oxygen atoms in total. The van der Waals surface area contributed by atoms with Crippen LogP contribution < -0.4 is 15.4 Å². The summed E-state index contributed by atoms with van der Waals surface area (Å²) in [5.74, 6) is 1.76. The van der Waals surface area contributed by atoms with E-state index >= 15 is 0 Å². The largest absolute Gasteiger partial charge is 0.514 e. The second-order valence-electron chi connectivity index (χ2n) is 15.5. The standard InChI is InChI=1S/C17H19N5O.C13H14ClN3O.C10H17BN2O2.2CH4/c1-21-15(6-9-18-21)16-13-4-2-3-5-14(13)17(20-19-16)22-10-7-12(23)8-11-22;14-12-10-3-1-2-4-11(10)13(16-15-12)17-7-5-9(18)6-8-17;1-9(2)10(3,4)15-11(14-9)8-6-7-12-13(8)5;;/h2-6,9,12,23H,7-8,10-11H2,1H3;1-4,9,18H,5-8H2;6-7H,1-5H3;2*1H4. The van der Waals surface area contributed by atoms with Gasteiger partial charge in [-0.2, -0.15) is 10.2 Å². The van der Waals surface area contributed by atoms with E-state index in [2.05, 4.69) is 52.5 Å². The van der Waals surface area contributed by atoms with Gasteiger partial charge in [0.05, 0.1) is 34.7 Å². The number of piperidine rings is 2. The molecule has 3 saturated heterocycles. The van der Waals surface area contributed by atoms with E-state index in [0.717, 1.165) is 102 Å². The van der Waals surface area contributed by atoms with Crippen molar-refractivity contribution in [1.29, 1.82) is 0 Å². The van der Waals surface area contributed by atoms with E-state index in [0.29, 0.717) is 5.15 Å². The lowest BCUT2D eigenvalue weighted by Gasteiger charge is -2.32. The fraction of sp³-hybridized carbons (Fsp3) is 0.476. The first-order valence-electron chi connectivity index (χ1n) is 19.2. The molecule has 0 amide bonds. The maximum atomic E-state index is 9.71.